The standard InChI is InChI=1S/C11H13Cl2NO3S/c12-9-4-5-10(13)11(8-9)18(15,16)17-14-6-2-1-3-7-14/h4-5,8H,1-3,6-7H2. The molecule has 0 atom stereocenters. The van der Waals surface area contributed by atoms with Gasteiger partial charge >= 0.3 is 10.1 Å². The highest BCUT2D eigenvalue weighted by molar-refractivity contribution is 7.86. The van der Waals surface area contributed by atoms with Crippen LogP contribution >= 0.6 is 23.2 Å². The number of piperidine rings is 1. The molecule has 0 unspecified atom stereocenters. The quantitative estimate of drug-likeness (QED) is 0.860. The predicted octanol–water partition coefficient (Wildman–Crippen LogP) is 3.10. The van der Waals surface area contributed by atoms with Crippen LogP contribution in [0.3, 0.4) is 0 Å². The van der Waals surface area contributed by atoms with Crippen molar-refractivity contribution < 1.29 is 12.7 Å². The van der Waals surface area contributed by atoms with Gasteiger partial charge in [0.05, 0.1) is 5.02 Å². The van der Waals surface area contributed by atoms with Crippen molar-refractivity contribution in [2.24, 2.45) is 0 Å². The van der Waals surface area contributed by atoms with Gasteiger partial charge in [0.1, 0.15) is 4.90 Å². The van der Waals surface area contributed by atoms with Gasteiger partial charge in [-0.3, -0.25) is 0 Å². The molecular formula is C11H13Cl2NO3S. The lowest BCUT2D eigenvalue weighted by atomic mass is 10.2. The van der Waals surface area contributed by atoms with E-state index in [-0.39, 0.29) is 9.92 Å². The van der Waals surface area contributed by atoms with Crippen LogP contribution in [-0.2, 0) is 14.4 Å². The smallest absolute Gasteiger partial charge is 0.192 e. The molecule has 0 saturated carbocycles. The van der Waals surface area contributed by atoms with Crippen LogP contribution in [0.25, 0.3) is 0 Å². The molecule has 1 heterocycles. The lowest BCUT2D eigenvalue weighted by molar-refractivity contribution is -0.0654. The number of rotatable bonds is 3. The molecule has 0 spiro atoms. The van der Waals surface area contributed by atoms with E-state index in [0.717, 1.165) is 19.3 Å². The first-order chi connectivity index (χ1) is 8.49. The molecule has 1 aromatic rings. The average Bonchev–Trinajstić information content (AvgIpc) is 2.33. The fourth-order valence-electron chi connectivity index (χ4n) is 1.79. The van der Waals surface area contributed by atoms with Crippen molar-refractivity contribution in [2.75, 3.05) is 13.1 Å². The topological polar surface area (TPSA) is 46.6 Å². The van der Waals surface area contributed by atoms with Crippen molar-refractivity contribution >= 4 is 33.3 Å². The summed E-state index contributed by atoms with van der Waals surface area (Å²) in [4.78, 5) is -0.0951. The molecule has 1 saturated heterocycles. The summed E-state index contributed by atoms with van der Waals surface area (Å²) in [5, 5.41) is 1.87. The van der Waals surface area contributed by atoms with E-state index < -0.39 is 10.1 Å². The summed E-state index contributed by atoms with van der Waals surface area (Å²) >= 11 is 11.6. The molecule has 0 amide bonds. The lowest BCUT2D eigenvalue weighted by Gasteiger charge is -2.24. The van der Waals surface area contributed by atoms with E-state index in [9.17, 15) is 8.42 Å². The molecule has 18 heavy (non-hydrogen) atoms. The van der Waals surface area contributed by atoms with Crippen molar-refractivity contribution in [1.82, 2.24) is 5.06 Å². The Morgan fingerprint density at radius 1 is 1.11 bits per heavy atom. The second-order valence-electron chi connectivity index (χ2n) is 4.09. The van der Waals surface area contributed by atoms with Crippen LogP contribution in [0.1, 0.15) is 19.3 Å². The zero-order valence-electron chi connectivity index (χ0n) is 9.60. The van der Waals surface area contributed by atoms with Crippen LogP contribution in [0.15, 0.2) is 23.1 Å². The Morgan fingerprint density at radius 3 is 2.44 bits per heavy atom. The SMILES string of the molecule is O=S(=O)(ON1CCCCC1)c1cc(Cl)ccc1Cl. The van der Waals surface area contributed by atoms with Crippen LogP contribution in [0.5, 0.6) is 0 Å². The fourth-order valence-corrected chi connectivity index (χ4v) is 3.51. The van der Waals surface area contributed by atoms with Crippen molar-refractivity contribution in [1.29, 1.82) is 0 Å². The summed E-state index contributed by atoms with van der Waals surface area (Å²) in [5.74, 6) is 0. The summed E-state index contributed by atoms with van der Waals surface area (Å²) in [5.41, 5.74) is 0. The second kappa shape index (κ2) is 5.75. The molecule has 0 aliphatic carbocycles. The highest BCUT2D eigenvalue weighted by Crippen LogP contribution is 2.27. The molecule has 1 aromatic carbocycles. The minimum absolute atomic E-state index is 0.0951. The van der Waals surface area contributed by atoms with Gasteiger partial charge in [0.25, 0.3) is 0 Å². The van der Waals surface area contributed by atoms with Crippen LogP contribution in [-0.4, -0.2) is 26.6 Å². The van der Waals surface area contributed by atoms with Gasteiger partial charge < -0.3 is 0 Å². The molecule has 1 aliphatic heterocycles. The Labute approximate surface area is 117 Å². The third-order valence-electron chi connectivity index (χ3n) is 2.68. The van der Waals surface area contributed by atoms with E-state index in [4.69, 9.17) is 27.5 Å². The minimum Gasteiger partial charge on any atom is -0.192 e. The van der Waals surface area contributed by atoms with Crippen molar-refractivity contribution in [3.63, 3.8) is 0 Å². The first kappa shape index (κ1) is 14.1. The van der Waals surface area contributed by atoms with E-state index in [1.54, 1.807) is 0 Å². The van der Waals surface area contributed by atoms with Gasteiger partial charge in [-0.1, -0.05) is 29.6 Å². The molecule has 1 fully saturated rings. The number of halogens is 2. The Balaban J connectivity index is 2.21. The maximum absolute atomic E-state index is 12.1. The Bertz CT molecular complexity index is 527. The first-order valence-corrected chi connectivity index (χ1v) is 7.80. The summed E-state index contributed by atoms with van der Waals surface area (Å²) in [7, 11) is -3.90. The molecule has 1 aliphatic rings. The lowest BCUT2D eigenvalue weighted by Crippen LogP contribution is -2.32. The fraction of sp³-hybridized carbons (Fsp3) is 0.455. The zero-order valence-corrected chi connectivity index (χ0v) is 11.9. The van der Waals surface area contributed by atoms with Gasteiger partial charge in [-0.15, -0.1) is 0 Å². The van der Waals surface area contributed by atoms with Gasteiger partial charge in [0, 0.05) is 18.1 Å². The second-order valence-corrected chi connectivity index (χ2v) is 6.43. The molecule has 2 rings (SSSR count). The van der Waals surface area contributed by atoms with Gasteiger partial charge in [-0.05, 0) is 31.0 Å². The molecule has 0 bridgehead atoms. The number of benzene rings is 1. The van der Waals surface area contributed by atoms with Gasteiger partial charge in [0.2, 0.25) is 0 Å². The van der Waals surface area contributed by atoms with E-state index in [2.05, 4.69) is 0 Å². The maximum Gasteiger partial charge on any atom is 0.314 e. The summed E-state index contributed by atoms with van der Waals surface area (Å²) in [6.45, 7) is 1.22. The van der Waals surface area contributed by atoms with Crippen LogP contribution < -0.4 is 0 Å². The van der Waals surface area contributed by atoms with E-state index >= 15 is 0 Å². The number of hydroxylamine groups is 2. The van der Waals surface area contributed by atoms with Crippen LogP contribution in [0, 0.1) is 0 Å². The first-order valence-electron chi connectivity index (χ1n) is 5.64. The molecule has 0 aromatic heterocycles. The molecular weight excluding hydrogens is 297 g/mol. The average molecular weight is 310 g/mol. The van der Waals surface area contributed by atoms with E-state index in [0.29, 0.717) is 18.1 Å². The molecule has 0 radical (unpaired) electrons. The highest BCUT2D eigenvalue weighted by Gasteiger charge is 2.24. The minimum atomic E-state index is -3.90. The third kappa shape index (κ3) is 3.36. The van der Waals surface area contributed by atoms with Gasteiger partial charge in [-0.25, -0.2) is 0 Å². The van der Waals surface area contributed by atoms with Gasteiger partial charge in [-0.2, -0.15) is 17.8 Å². The Morgan fingerprint density at radius 2 is 1.78 bits per heavy atom. The summed E-state index contributed by atoms with van der Waals surface area (Å²) in [6.07, 6.45) is 2.95. The van der Waals surface area contributed by atoms with Crippen molar-refractivity contribution in [3.05, 3.63) is 28.2 Å². The highest BCUT2D eigenvalue weighted by atomic mass is 35.5. The van der Waals surface area contributed by atoms with Gasteiger partial charge in [0.15, 0.2) is 0 Å². The number of hydrogen-bond acceptors (Lipinski definition) is 4. The van der Waals surface area contributed by atoms with E-state index in [1.165, 1.54) is 23.3 Å². The summed E-state index contributed by atoms with van der Waals surface area (Å²) in [6, 6.07) is 4.27. The Hall–Kier alpha value is -0.330. The van der Waals surface area contributed by atoms with Crippen LogP contribution in [0.4, 0.5) is 0 Å². The normalized spacial score (nSPS) is 17.9. The van der Waals surface area contributed by atoms with Crippen molar-refractivity contribution in [3.8, 4) is 0 Å². The maximum atomic E-state index is 12.1. The zero-order chi connectivity index (χ0) is 13.2. The Kier molecular flexibility index (Phi) is 4.50. The number of hydrogen-bond donors (Lipinski definition) is 0. The molecule has 4 nitrogen and oxygen atoms in total. The predicted molar refractivity (Wildman–Crippen MR) is 70.2 cm³/mol. The molecule has 100 valence electrons. The molecule has 7 heteroatoms. The van der Waals surface area contributed by atoms with Crippen LogP contribution in [0.2, 0.25) is 10.0 Å². The van der Waals surface area contributed by atoms with E-state index in [1.807, 2.05) is 0 Å². The largest absolute Gasteiger partial charge is 0.314 e. The van der Waals surface area contributed by atoms with Crippen molar-refractivity contribution in [2.45, 2.75) is 24.2 Å². The monoisotopic (exact) mass is 309 g/mol. The number of nitrogens with zero attached hydrogens (tertiary/aromatic N) is 1. The third-order valence-corrected chi connectivity index (χ3v) is 4.64. The molecule has 0 N–H and O–H groups in total. The summed E-state index contributed by atoms with van der Waals surface area (Å²) < 4.78 is 29.2.